The second-order valence-electron chi connectivity index (χ2n) is 5.47. The molecular formula is C19H23NO3. The first-order valence-corrected chi connectivity index (χ1v) is 7.65. The maximum atomic E-state index is 12.6. The Labute approximate surface area is 137 Å². The molecule has 1 amide bonds. The minimum atomic E-state index is -0.556. The Morgan fingerprint density at radius 3 is 2.09 bits per heavy atom. The van der Waals surface area contributed by atoms with E-state index in [1.54, 1.807) is 38.1 Å². The normalized spacial score (nSPS) is 13.0. The van der Waals surface area contributed by atoms with Crippen molar-refractivity contribution in [1.29, 1.82) is 0 Å². The quantitative estimate of drug-likeness (QED) is 0.816. The predicted octanol–water partition coefficient (Wildman–Crippen LogP) is 3.68. The van der Waals surface area contributed by atoms with Gasteiger partial charge in [0.2, 0.25) is 0 Å². The number of methoxy groups -OCH3 is 1. The van der Waals surface area contributed by atoms with Gasteiger partial charge < -0.3 is 14.4 Å². The number of nitrogens with zero attached hydrogens (tertiary/aromatic N) is 1. The number of carbonyl (C=O) groups excluding carboxylic acids is 1. The highest BCUT2D eigenvalue weighted by atomic mass is 16.5. The zero-order chi connectivity index (χ0) is 16.8. The van der Waals surface area contributed by atoms with Gasteiger partial charge in [-0.2, -0.15) is 0 Å². The highest BCUT2D eigenvalue weighted by Gasteiger charge is 2.23. The van der Waals surface area contributed by atoms with Crippen LogP contribution in [0.1, 0.15) is 25.5 Å². The number of likely N-dealkylation sites (N-methyl/N-ethyl adjacent to an activating group) is 1. The number of benzene rings is 2. The average Bonchev–Trinajstić information content (AvgIpc) is 2.61. The molecule has 122 valence electrons. The van der Waals surface area contributed by atoms with E-state index < -0.39 is 6.10 Å². The summed E-state index contributed by atoms with van der Waals surface area (Å²) in [7, 11) is 3.41. The van der Waals surface area contributed by atoms with Crippen molar-refractivity contribution in [1.82, 2.24) is 4.90 Å². The molecule has 0 aliphatic heterocycles. The second kappa shape index (κ2) is 7.68. The average molecular weight is 313 g/mol. The fraction of sp³-hybridized carbons (Fsp3) is 0.316. The van der Waals surface area contributed by atoms with Crippen molar-refractivity contribution in [3.8, 4) is 11.5 Å². The first-order chi connectivity index (χ1) is 11.0. The Morgan fingerprint density at radius 1 is 0.957 bits per heavy atom. The topological polar surface area (TPSA) is 38.8 Å². The molecule has 0 radical (unpaired) electrons. The molecule has 0 spiro atoms. The molecule has 0 aliphatic carbocycles. The lowest BCUT2D eigenvalue weighted by atomic mass is 10.1. The molecule has 0 saturated heterocycles. The van der Waals surface area contributed by atoms with Crippen molar-refractivity contribution in [2.24, 2.45) is 0 Å². The van der Waals surface area contributed by atoms with Crippen LogP contribution in [0.25, 0.3) is 0 Å². The van der Waals surface area contributed by atoms with Gasteiger partial charge in [-0.3, -0.25) is 4.79 Å². The number of amides is 1. The third-order valence-electron chi connectivity index (χ3n) is 3.93. The summed E-state index contributed by atoms with van der Waals surface area (Å²) in [5.41, 5.74) is 1.10. The van der Waals surface area contributed by atoms with E-state index in [1.165, 1.54) is 0 Å². The Balaban J connectivity index is 2.00. The molecule has 0 heterocycles. The minimum Gasteiger partial charge on any atom is -0.497 e. The van der Waals surface area contributed by atoms with Crippen LogP contribution in [0.4, 0.5) is 0 Å². The summed E-state index contributed by atoms with van der Waals surface area (Å²) in [5.74, 6) is 1.34. The van der Waals surface area contributed by atoms with E-state index in [4.69, 9.17) is 9.47 Å². The van der Waals surface area contributed by atoms with Crippen LogP contribution in [0.2, 0.25) is 0 Å². The van der Waals surface area contributed by atoms with Gasteiger partial charge in [0, 0.05) is 7.05 Å². The zero-order valence-electron chi connectivity index (χ0n) is 14.0. The third-order valence-corrected chi connectivity index (χ3v) is 3.93. The molecule has 0 N–H and O–H groups in total. The highest BCUT2D eigenvalue weighted by Crippen LogP contribution is 2.21. The van der Waals surface area contributed by atoms with E-state index in [0.29, 0.717) is 5.75 Å². The first kappa shape index (κ1) is 16.9. The van der Waals surface area contributed by atoms with Crippen molar-refractivity contribution in [3.63, 3.8) is 0 Å². The Morgan fingerprint density at radius 2 is 1.52 bits per heavy atom. The summed E-state index contributed by atoms with van der Waals surface area (Å²) < 4.78 is 10.8. The second-order valence-corrected chi connectivity index (χ2v) is 5.47. The lowest BCUT2D eigenvalue weighted by Gasteiger charge is -2.28. The summed E-state index contributed by atoms with van der Waals surface area (Å²) >= 11 is 0. The van der Waals surface area contributed by atoms with E-state index in [9.17, 15) is 4.79 Å². The number of hydrogen-bond acceptors (Lipinski definition) is 3. The summed E-state index contributed by atoms with van der Waals surface area (Å²) in [6.45, 7) is 3.77. The van der Waals surface area contributed by atoms with Crippen LogP contribution in [0.15, 0.2) is 54.6 Å². The molecule has 2 aromatic carbocycles. The van der Waals surface area contributed by atoms with Crippen molar-refractivity contribution in [2.75, 3.05) is 14.2 Å². The molecule has 2 unspecified atom stereocenters. The monoisotopic (exact) mass is 313 g/mol. The number of ether oxygens (including phenoxy) is 2. The predicted molar refractivity (Wildman–Crippen MR) is 90.7 cm³/mol. The Bertz CT molecular complexity index is 625. The molecular weight excluding hydrogens is 290 g/mol. The smallest absolute Gasteiger partial charge is 0.263 e. The van der Waals surface area contributed by atoms with Gasteiger partial charge in [-0.25, -0.2) is 0 Å². The van der Waals surface area contributed by atoms with Gasteiger partial charge in [0.15, 0.2) is 6.10 Å². The summed E-state index contributed by atoms with van der Waals surface area (Å²) in [6.07, 6.45) is -0.556. The molecule has 2 rings (SSSR count). The number of carbonyl (C=O) groups is 1. The fourth-order valence-corrected chi connectivity index (χ4v) is 2.34. The Hall–Kier alpha value is -2.49. The first-order valence-electron chi connectivity index (χ1n) is 7.65. The summed E-state index contributed by atoms with van der Waals surface area (Å²) in [5, 5.41) is 0. The van der Waals surface area contributed by atoms with Gasteiger partial charge in [-0.1, -0.05) is 30.3 Å². The number of hydrogen-bond donors (Lipinski definition) is 0. The van der Waals surface area contributed by atoms with E-state index in [-0.39, 0.29) is 11.9 Å². The van der Waals surface area contributed by atoms with E-state index in [2.05, 4.69) is 0 Å². The van der Waals surface area contributed by atoms with Crippen LogP contribution in [-0.2, 0) is 4.79 Å². The maximum absolute atomic E-state index is 12.6. The SMILES string of the molecule is COc1ccc(OC(C)C(=O)N(C)C(C)c2ccccc2)cc1. The van der Waals surface area contributed by atoms with Gasteiger partial charge in [0.1, 0.15) is 11.5 Å². The molecule has 2 aromatic rings. The minimum absolute atomic E-state index is 0.00869. The van der Waals surface area contributed by atoms with Crippen LogP contribution in [0.3, 0.4) is 0 Å². The molecule has 0 aliphatic rings. The lowest BCUT2D eigenvalue weighted by Crippen LogP contribution is -2.39. The van der Waals surface area contributed by atoms with Gasteiger partial charge in [-0.05, 0) is 43.7 Å². The maximum Gasteiger partial charge on any atom is 0.263 e. The van der Waals surface area contributed by atoms with Crippen LogP contribution >= 0.6 is 0 Å². The van der Waals surface area contributed by atoms with Crippen LogP contribution in [-0.4, -0.2) is 31.1 Å². The third kappa shape index (κ3) is 4.25. The van der Waals surface area contributed by atoms with Gasteiger partial charge in [0.25, 0.3) is 5.91 Å². The molecule has 0 saturated carbocycles. The van der Waals surface area contributed by atoms with E-state index in [1.807, 2.05) is 49.4 Å². The van der Waals surface area contributed by atoms with Gasteiger partial charge in [-0.15, -0.1) is 0 Å². The van der Waals surface area contributed by atoms with Crippen LogP contribution < -0.4 is 9.47 Å². The van der Waals surface area contributed by atoms with E-state index >= 15 is 0 Å². The van der Waals surface area contributed by atoms with Crippen molar-refractivity contribution in [3.05, 3.63) is 60.2 Å². The molecule has 0 fully saturated rings. The van der Waals surface area contributed by atoms with E-state index in [0.717, 1.165) is 11.3 Å². The molecule has 0 bridgehead atoms. The Kier molecular flexibility index (Phi) is 5.63. The van der Waals surface area contributed by atoms with Crippen LogP contribution in [0, 0.1) is 0 Å². The molecule has 4 heteroatoms. The van der Waals surface area contributed by atoms with Gasteiger partial charge >= 0.3 is 0 Å². The van der Waals surface area contributed by atoms with Crippen LogP contribution in [0.5, 0.6) is 11.5 Å². The largest absolute Gasteiger partial charge is 0.497 e. The molecule has 0 aromatic heterocycles. The summed E-state index contributed by atoms with van der Waals surface area (Å²) in [4.78, 5) is 14.3. The molecule has 2 atom stereocenters. The highest BCUT2D eigenvalue weighted by molar-refractivity contribution is 5.81. The number of rotatable bonds is 6. The van der Waals surface area contributed by atoms with Gasteiger partial charge in [0.05, 0.1) is 13.2 Å². The lowest BCUT2D eigenvalue weighted by molar-refractivity contribution is -0.138. The van der Waals surface area contributed by atoms with Crippen molar-refractivity contribution in [2.45, 2.75) is 26.0 Å². The standard InChI is InChI=1S/C19H23NO3/c1-14(16-8-6-5-7-9-16)20(3)19(21)15(2)23-18-12-10-17(22-4)11-13-18/h5-15H,1-4H3. The fourth-order valence-electron chi connectivity index (χ4n) is 2.34. The molecule has 4 nitrogen and oxygen atoms in total. The summed E-state index contributed by atoms with van der Waals surface area (Å²) in [6, 6.07) is 17.1. The van der Waals surface area contributed by atoms with Crippen molar-refractivity contribution < 1.29 is 14.3 Å². The molecule has 23 heavy (non-hydrogen) atoms. The zero-order valence-corrected chi connectivity index (χ0v) is 14.0. The van der Waals surface area contributed by atoms with Crippen molar-refractivity contribution >= 4 is 5.91 Å².